The maximum Gasteiger partial charge on any atom is 0.187 e. The Balaban J connectivity index is 1.62. The molecule has 3 aromatic rings. The van der Waals surface area contributed by atoms with Gasteiger partial charge in [-0.3, -0.25) is 5.43 Å². The van der Waals surface area contributed by atoms with Gasteiger partial charge in [0.05, 0.1) is 12.8 Å². The molecule has 2 aromatic carbocycles. The van der Waals surface area contributed by atoms with E-state index in [9.17, 15) is 0 Å². The van der Waals surface area contributed by atoms with E-state index in [1.807, 2.05) is 19.1 Å². The topological polar surface area (TPSA) is 50.6 Å². The van der Waals surface area contributed by atoms with Gasteiger partial charge in [-0.2, -0.15) is 5.10 Å². The Morgan fingerprint density at radius 1 is 1.26 bits per heavy atom. The van der Waals surface area contributed by atoms with E-state index in [4.69, 9.17) is 40.2 Å². The largest absolute Gasteiger partial charge is 0.493 e. The van der Waals surface area contributed by atoms with Gasteiger partial charge in [-0.15, -0.1) is 6.58 Å². The molecule has 0 saturated heterocycles. The molecule has 0 spiro atoms. The minimum Gasteiger partial charge on any atom is -0.493 e. The molecule has 0 bridgehead atoms. The first-order valence-electron chi connectivity index (χ1n) is 9.83. The Morgan fingerprint density at radius 3 is 2.74 bits per heavy atom. The van der Waals surface area contributed by atoms with E-state index in [1.54, 1.807) is 24.4 Å². The van der Waals surface area contributed by atoms with E-state index in [1.165, 1.54) is 0 Å². The minimum absolute atomic E-state index is 0.452. The number of para-hydroxylation sites is 1. The zero-order chi connectivity index (χ0) is 22.2. The van der Waals surface area contributed by atoms with Crippen molar-refractivity contribution in [2.75, 3.05) is 13.2 Å². The van der Waals surface area contributed by atoms with Crippen LogP contribution in [-0.2, 0) is 6.54 Å². The number of nitrogens with one attached hydrogen (secondary N) is 2. The summed E-state index contributed by atoms with van der Waals surface area (Å²) < 4.78 is 8.04. The van der Waals surface area contributed by atoms with Gasteiger partial charge in [-0.1, -0.05) is 47.5 Å². The first-order chi connectivity index (χ1) is 15.0. The summed E-state index contributed by atoms with van der Waals surface area (Å²) in [7, 11) is 0. The summed E-state index contributed by atoms with van der Waals surface area (Å²) in [5.41, 5.74) is 5.82. The molecule has 8 heteroatoms. The van der Waals surface area contributed by atoms with Crippen molar-refractivity contribution in [2.24, 2.45) is 5.10 Å². The Hall–Kier alpha value is -2.54. The van der Waals surface area contributed by atoms with Crippen molar-refractivity contribution in [2.45, 2.75) is 19.9 Å². The number of halogens is 2. The quantitative estimate of drug-likeness (QED) is 0.137. The monoisotopic (exact) mass is 474 g/mol. The summed E-state index contributed by atoms with van der Waals surface area (Å²) in [6.07, 6.45) is 6.41. The molecule has 162 valence electrons. The molecular formula is C23H24Cl2N4OS. The molecule has 31 heavy (non-hydrogen) atoms. The fourth-order valence-corrected chi connectivity index (χ4v) is 3.66. The van der Waals surface area contributed by atoms with Crippen molar-refractivity contribution in [1.82, 2.24) is 15.3 Å². The standard InChI is InChI=1S/C23H24Cl2N4OS/c1-3-9-26-23(31)28-27-14-17-15-29(22-8-5-4-7-19(17)22)10-6-11-30-18-12-20(24)16(2)21(25)13-18/h3-5,7-8,12-15H,1,6,9-11H2,2H3,(H2,26,28,31)/b27-14-. The van der Waals surface area contributed by atoms with E-state index in [2.05, 4.69) is 45.3 Å². The molecule has 2 N–H and O–H groups in total. The van der Waals surface area contributed by atoms with Gasteiger partial charge in [0.25, 0.3) is 0 Å². The second-order valence-electron chi connectivity index (χ2n) is 6.88. The Bertz CT molecular complexity index is 1090. The summed E-state index contributed by atoms with van der Waals surface area (Å²) in [5, 5.41) is 10.0. The third-order valence-corrected chi connectivity index (χ3v) is 5.68. The van der Waals surface area contributed by atoms with Crippen LogP contribution in [0.3, 0.4) is 0 Å². The fraction of sp³-hybridized carbons (Fsp3) is 0.217. The van der Waals surface area contributed by atoms with E-state index in [-0.39, 0.29) is 0 Å². The average molecular weight is 475 g/mol. The fourth-order valence-electron chi connectivity index (χ4n) is 3.06. The van der Waals surface area contributed by atoms with Gasteiger partial charge in [0.1, 0.15) is 5.75 Å². The molecule has 1 aromatic heterocycles. The zero-order valence-electron chi connectivity index (χ0n) is 17.2. The Labute approximate surface area is 197 Å². The van der Waals surface area contributed by atoms with Gasteiger partial charge in [0, 0.05) is 45.8 Å². The van der Waals surface area contributed by atoms with Gasteiger partial charge < -0.3 is 14.6 Å². The molecule has 0 aliphatic rings. The van der Waals surface area contributed by atoms with E-state index in [0.717, 1.165) is 35.0 Å². The molecule has 5 nitrogen and oxygen atoms in total. The molecule has 0 aliphatic carbocycles. The Kier molecular flexibility index (Phi) is 8.35. The molecule has 3 rings (SSSR count). The van der Waals surface area contributed by atoms with E-state index >= 15 is 0 Å². The highest BCUT2D eigenvalue weighted by molar-refractivity contribution is 7.80. The molecule has 0 atom stereocenters. The molecule has 0 radical (unpaired) electrons. The van der Waals surface area contributed by atoms with Gasteiger partial charge in [-0.25, -0.2) is 0 Å². The van der Waals surface area contributed by atoms with Crippen LogP contribution in [0.15, 0.2) is 60.4 Å². The molecule has 0 amide bonds. The van der Waals surface area contributed by atoms with Gasteiger partial charge in [0.15, 0.2) is 5.11 Å². The SMILES string of the molecule is C=CCNC(=S)N/N=C\c1cn(CCCOc2cc(Cl)c(C)c(Cl)c2)c2ccccc12. The third kappa shape index (κ3) is 6.23. The van der Waals surface area contributed by atoms with Crippen molar-refractivity contribution < 1.29 is 4.74 Å². The number of rotatable bonds is 9. The zero-order valence-corrected chi connectivity index (χ0v) is 19.5. The van der Waals surface area contributed by atoms with Gasteiger partial charge in [-0.05, 0) is 49.3 Å². The van der Waals surface area contributed by atoms with E-state index in [0.29, 0.717) is 34.1 Å². The number of fused-ring (bicyclic) bond motifs is 1. The van der Waals surface area contributed by atoms with Crippen molar-refractivity contribution in [3.8, 4) is 5.75 Å². The number of hydrogen-bond acceptors (Lipinski definition) is 3. The average Bonchev–Trinajstić information content (AvgIpc) is 3.11. The lowest BCUT2D eigenvalue weighted by Gasteiger charge is -2.10. The lowest BCUT2D eigenvalue weighted by molar-refractivity contribution is 0.302. The van der Waals surface area contributed by atoms with Crippen LogP contribution in [0, 0.1) is 6.92 Å². The van der Waals surface area contributed by atoms with Crippen LogP contribution < -0.4 is 15.5 Å². The molecule has 0 unspecified atom stereocenters. The predicted molar refractivity (Wildman–Crippen MR) is 135 cm³/mol. The molecule has 0 aliphatic heterocycles. The van der Waals surface area contributed by atoms with Crippen LogP contribution in [0.4, 0.5) is 0 Å². The highest BCUT2D eigenvalue weighted by Crippen LogP contribution is 2.29. The number of hydrogen-bond donors (Lipinski definition) is 2. The van der Waals surface area contributed by atoms with E-state index < -0.39 is 0 Å². The Morgan fingerprint density at radius 2 is 2.00 bits per heavy atom. The lowest BCUT2D eigenvalue weighted by Crippen LogP contribution is -2.31. The number of nitrogens with zero attached hydrogens (tertiary/aromatic N) is 2. The predicted octanol–water partition coefficient (Wildman–Crippen LogP) is 5.71. The van der Waals surface area contributed by atoms with Gasteiger partial charge in [0.2, 0.25) is 0 Å². The second-order valence-corrected chi connectivity index (χ2v) is 8.10. The number of aryl methyl sites for hydroxylation is 1. The maximum atomic E-state index is 6.18. The van der Waals surface area contributed by atoms with Crippen LogP contribution in [0.25, 0.3) is 10.9 Å². The molecule has 1 heterocycles. The number of ether oxygens (including phenoxy) is 1. The van der Waals surface area contributed by atoms with Crippen LogP contribution in [0.2, 0.25) is 10.0 Å². The number of benzene rings is 2. The summed E-state index contributed by atoms with van der Waals surface area (Å²) in [4.78, 5) is 0. The summed E-state index contributed by atoms with van der Waals surface area (Å²) in [6, 6.07) is 11.8. The number of thiocarbonyl (C=S) groups is 1. The van der Waals surface area contributed by atoms with Crippen LogP contribution in [0.1, 0.15) is 17.5 Å². The number of hydrazone groups is 1. The first kappa shape index (κ1) is 23.1. The summed E-state index contributed by atoms with van der Waals surface area (Å²) >= 11 is 17.5. The van der Waals surface area contributed by atoms with Gasteiger partial charge >= 0.3 is 0 Å². The maximum absolute atomic E-state index is 6.18. The highest BCUT2D eigenvalue weighted by atomic mass is 35.5. The first-order valence-corrected chi connectivity index (χ1v) is 11.0. The minimum atomic E-state index is 0.452. The summed E-state index contributed by atoms with van der Waals surface area (Å²) in [6.45, 7) is 7.47. The summed E-state index contributed by atoms with van der Waals surface area (Å²) in [5.74, 6) is 0.679. The molecular weight excluding hydrogens is 451 g/mol. The number of aromatic nitrogens is 1. The van der Waals surface area contributed by atoms with Crippen molar-refractivity contribution >= 4 is 57.6 Å². The third-order valence-electron chi connectivity index (χ3n) is 4.66. The van der Waals surface area contributed by atoms with Crippen molar-refractivity contribution in [1.29, 1.82) is 0 Å². The smallest absolute Gasteiger partial charge is 0.187 e. The molecule has 0 saturated carbocycles. The molecule has 0 fully saturated rings. The van der Waals surface area contributed by atoms with Crippen molar-refractivity contribution in [3.05, 3.63) is 76.4 Å². The van der Waals surface area contributed by atoms with Crippen molar-refractivity contribution in [3.63, 3.8) is 0 Å². The highest BCUT2D eigenvalue weighted by Gasteiger charge is 2.08. The van der Waals surface area contributed by atoms with Crippen LogP contribution in [-0.4, -0.2) is 29.0 Å². The normalized spacial score (nSPS) is 11.1. The second kappa shape index (κ2) is 11.2. The lowest BCUT2D eigenvalue weighted by atomic mass is 10.2. The van der Waals surface area contributed by atoms with Crippen LogP contribution in [0.5, 0.6) is 5.75 Å². The van der Waals surface area contributed by atoms with Crippen LogP contribution >= 0.6 is 35.4 Å².